The van der Waals surface area contributed by atoms with Crippen molar-refractivity contribution < 1.29 is 71.2 Å². The smallest absolute Gasteiger partial charge is 0.870 e. The van der Waals surface area contributed by atoms with Crippen molar-refractivity contribution in [2.24, 2.45) is 0 Å². The molecule has 1 aromatic carbocycles. The van der Waals surface area contributed by atoms with Crippen molar-refractivity contribution in [3.05, 3.63) is 28.3 Å². The second-order valence-electron chi connectivity index (χ2n) is 2.03. The second-order valence-corrected chi connectivity index (χ2v) is 4.78. The summed E-state index contributed by atoms with van der Waals surface area (Å²) in [4.78, 5) is 9.83. The molecule has 0 unspecified atom stereocenters. The molecule has 0 spiro atoms. The van der Waals surface area contributed by atoms with E-state index in [-0.39, 0.29) is 72.6 Å². The van der Waals surface area contributed by atoms with Crippen molar-refractivity contribution >= 4 is 8.76 Å². The van der Waals surface area contributed by atoms with Crippen LogP contribution in [0.1, 0.15) is 0 Å². The van der Waals surface area contributed by atoms with Gasteiger partial charge in [0.25, 0.3) is 0 Å². The van der Waals surface area contributed by atoms with E-state index >= 15 is 0 Å². The Balaban J connectivity index is 0. The first kappa shape index (κ1) is 15.8. The minimum atomic E-state index is -0.470. The van der Waals surface area contributed by atoms with Crippen LogP contribution in [-0.4, -0.2) is 15.5 Å². The summed E-state index contributed by atoms with van der Waals surface area (Å²) in [7, 11) is 0. The molecule has 0 aliphatic heterocycles. The normalized spacial score (nSPS) is 8.15. The molecular formula is C6H5HgNNaO4. The Hall–Kier alpha value is 0.315. The maximum atomic E-state index is 10.3. The number of rotatable bonds is 1. The molecule has 0 heterocycles. The number of phenolic OH excluding ortho intramolecular Hbond substituents is 1. The van der Waals surface area contributed by atoms with Crippen LogP contribution >= 0.6 is 0 Å². The number of benzene rings is 1. The van der Waals surface area contributed by atoms with Gasteiger partial charge in [0.15, 0.2) is 0 Å². The summed E-state index contributed by atoms with van der Waals surface area (Å²) in [6.07, 6.45) is 0. The van der Waals surface area contributed by atoms with Gasteiger partial charge in [-0.15, -0.1) is 0 Å². The molecule has 0 radical (unpaired) electrons. The molecule has 2 N–H and O–H groups in total. The van der Waals surface area contributed by atoms with Crippen LogP contribution in [0.4, 0.5) is 5.69 Å². The van der Waals surface area contributed by atoms with Gasteiger partial charge in [-0.05, 0) is 0 Å². The van der Waals surface area contributed by atoms with E-state index in [1.807, 2.05) is 0 Å². The van der Waals surface area contributed by atoms with Gasteiger partial charge in [-0.1, -0.05) is 0 Å². The van der Waals surface area contributed by atoms with Crippen LogP contribution in [0, 0.1) is 10.1 Å². The van der Waals surface area contributed by atoms with Crippen molar-refractivity contribution in [2.45, 2.75) is 0 Å². The van der Waals surface area contributed by atoms with Crippen LogP contribution in [0.15, 0.2) is 18.2 Å². The molecule has 13 heavy (non-hydrogen) atoms. The van der Waals surface area contributed by atoms with E-state index in [4.69, 9.17) is 5.11 Å². The van der Waals surface area contributed by atoms with Crippen molar-refractivity contribution in [2.75, 3.05) is 0 Å². The Bertz CT molecular complexity index is 307. The van der Waals surface area contributed by atoms with Crippen LogP contribution in [-0.2, 0) is 26.1 Å². The predicted octanol–water partition coefficient (Wildman–Crippen LogP) is -2.70. The zero-order valence-electron chi connectivity index (χ0n) is 7.10. The Morgan fingerprint density at radius 2 is 2.00 bits per heavy atom. The first-order valence-corrected chi connectivity index (χ1v) is 5.66. The summed E-state index contributed by atoms with van der Waals surface area (Å²) in [6, 6.07) is 4.35. The Labute approximate surface area is 113 Å². The van der Waals surface area contributed by atoms with Gasteiger partial charge in [0.1, 0.15) is 0 Å². The van der Waals surface area contributed by atoms with Crippen LogP contribution in [0.2, 0.25) is 0 Å². The molecule has 0 amide bonds. The molecule has 0 aromatic heterocycles. The SMILES string of the molecule is O=[N+]([O-])c1cccc(O)[c]1[Hg].[Na+].[OH-]. The number of nitro groups is 1. The topological polar surface area (TPSA) is 93.4 Å². The van der Waals surface area contributed by atoms with Gasteiger partial charge in [0, 0.05) is 0 Å². The molecule has 0 fully saturated rings. The third kappa shape index (κ3) is 3.91. The molecule has 7 heteroatoms. The summed E-state index contributed by atoms with van der Waals surface area (Å²) >= 11 is 0.0746. The molecule has 0 aliphatic rings. The van der Waals surface area contributed by atoms with Gasteiger partial charge in [-0.3, -0.25) is 0 Å². The molecular weight excluding hydrogens is 374 g/mol. The van der Waals surface area contributed by atoms with Gasteiger partial charge >= 0.3 is 109 Å². The second kappa shape index (κ2) is 6.72. The summed E-state index contributed by atoms with van der Waals surface area (Å²) in [5, 5.41) is 19.4. The monoisotopic (exact) mass is 380 g/mol. The average molecular weight is 379 g/mol. The first-order valence-electron chi connectivity index (χ1n) is 2.91. The number of hydrogen-bond acceptors (Lipinski definition) is 4. The summed E-state index contributed by atoms with van der Waals surface area (Å²) in [6.45, 7) is 0. The number of nitrogens with zero attached hydrogens (tertiary/aromatic N) is 1. The molecule has 0 saturated heterocycles. The first-order chi connectivity index (χ1) is 5.13. The zero-order valence-corrected chi connectivity index (χ0v) is 14.6. The van der Waals surface area contributed by atoms with E-state index < -0.39 is 4.92 Å². The van der Waals surface area contributed by atoms with Crippen molar-refractivity contribution in [1.29, 1.82) is 0 Å². The van der Waals surface area contributed by atoms with Crippen LogP contribution in [0.5, 0.6) is 5.75 Å². The quantitative estimate of drug-likeness (QED) is 0.327. The van der Waals surface area contributed by atoms with Gasteiger partial charge in [-0.2, -0.15) is 0 Å². The van der Waals surface area contributed by atoms with E-state index in [1.54, 1.807) is 0 Å². The molecule has 0 bridgehead atoms. The third-order valence-electron chi connectivity index (χ3n) is 1.32. The van der Waals surface area contributed by atoms with Crippen LogP contribution in [0.25, 0.3) is 0 Å². The molecule has 0 aliphatic carbocycles. The van der Waals surface area contributed by atoms with E-state index in [9.17, 15) is 10.1 Å². The number of hydrogen-bond donors (Lipinski definition) is 1. The average Bonchev–Trinajstić information content (AvgIpc) is 1.94. The van der Waals surface area contributed by atoms with E-state index in [0.717, 1.165) is 0 Å². The van der Waals surface area contributed by atoms with Crippen molar-refractivity contribution in [1.82, 2.24) is 0 Å². The fourth-order valence-electron chi connectivity index (χ4n) is 0.734. The van der Waals surface area contributed by atoms with E-state index in [1.165, 1.54) is 18.2 Å². The maximum Gasteiger partial charge on any atom is 1.00 e. The summed E-state index contributed by atoms with van der Waals surface area (Å²) in [5.41, 5.74) is 0.0355. The zero-order chi connectivity index (χ0) is 8.43. The standard InChI is InChI=1S/C6H4NO3.Hg.Na.H2O/c8-6-3-1-2-5(4-6)7(9)10;;;/h1-3,8H;;;1H2/q;;+1;/p-1. The third-order valence-corrected chi connectivity index (χ3v) is 4.14. The molecule has 1 rings (SSSR count). The number of nitro benzene ring substituents is 1. The van der Waals surface area contributed by atoms with Gasteiger partial charge in [0.05, 0.1) is 0 Å². The van der Waals surface area contributed by atoms with Crippen molar-refractivity contribution in [3.63, 3.8) is 0 Å². The van der Waals surface area contributed by atoms with Gasteiger partial charge in [-0.25, -0.2) is 0 Å². The number of aromatic hydroxyl groups is 1. The molecule has 0 saturated carbocycles. The number of phenols is 1. The van der Waals surface area contributed by atoms with E-state index in [0.29, 0.717) is 3.07 Å². The minimum absolute atomic E-state index is 0. The summed E-state index contributed by atoms with van der Waals surface area (Å²) in [5.74, 6) is 0.0440. The fraction of sp³-hybridized carbons (Fsp3) is 0. The predicted molar refractivity (Wildman–Crippen MR) is 36.3 cm³/mol. The van der Waals surface area contributed by atoms with Gasteiger partial charge in [0.2, 0.25) is 0 Å². The Morgan fingerprint density at radius 1 is 1.46 bits per heavy atom. The molecule has 61 valence electrons. The Kier molecular flexibility index (Phi) is 8.16. The summed E-state index contributed by atoms with van der Waals surface area (Å²) < 4.78 is 0.498. The fourth-order valence-corrected chi connectivity index (χ4v) is 2.15. The molecule has 5 nitrogen and oxygen atoms in total. The minimum Gasteiger partial charge on any atom is -0.870 e. The van der Waals surface area contributed by atoms with Crippen molar-refractivity contribution in [3.8, 4) is 5.75 Å². The van der Waals surface area contributed by atoms with Crippen LogP contribution in [0.3, 0.4) is 0 Å². The van der Waals surface area contributed by atoms with Gasteiger partial charge < -0.3 is 5.48 Å². The molecule has 1 aromatic rings. The van der Waals surface area contributed by atoms with E-state index in [2.05, 4.69) is 0 Å². The largest absolute Gasteiger partial charge is 1.00 e. The van der Waals surface area contributed by atoms with Crippen LogP contribution < -0.4 is 32.6 Å². The molecule has 0 atom stereocenters. The Morgan fingerprint density at radius 3 is 2.38 bits per heavy atom. The maximum absolute atomic E-state index is 10.3.